The van der Waals surface area contributed by atoms with E-state index in [2.05, 4.69) is 4.98 Å². The van der Waals surface area contributed by atoms with Crippen molar-refractivity contribution < 1.29 is 0 Å². The van der Waals surface area contributed by atoms with Crippen LogP contribution in [0.15, 0.2) is 18.7 Å². The van der Waals surface area contributed by atoms with Crippen LogP contribution in [0.3, 0.4) is 0 Å². The first-order valence-electron chi connectivity index (χ1n) is 2.46. The summed E-state index contributed by atoms with van der Waals surface area (Å²) in [4.78, 5) is 3.66. The summed E-state index contributed by atoms with van der Waals surface area (Å²) in [6, 6.07) is 0. The van der Waals surface area contributed by atoms with Crippen LogP contribution in [0.25, 0.3) is 0 Å². The van der Waals surface area contributed by atoms with Crippen molar-refractivity contribution in [1.29, 1.82) is 10.5 Å². The third kappa shape index (κ3) is 0.884. The number of hydrogen-bond donors (Lipinski definition) is 0. The van der Waals surface area contributed by atoms with E-state index in [0.29, 0.717) is 0 Å². The molecule has 0 saturated heterocycles. The molecule has 0 spiro atoms. The number of aromatic nitrogens is 2. The minimum Gasteiger partial charge on any atom is -0.243 e. The fraction of sp³-hybridized carbons (Fsp3) is 0. The van der Waals surface area contributed by atoms with Crippen LogP contribution >= 0.6 is 0 Å². The highest BCUT2D eigenvalue weighted by Gasteiger charge is 1.97. The number of imidazole rings is 1. The lowest BCUT2D eigenvalue weighted by molar-refractivity contribution is 0.819. The van der Waals surface area contributed by atoms with E-state index in [4.69, 9.17) is 10.5 Å². The Hall–Kier alpha value is -2.01. The van der Waals surface area contributed by atoms with Crippen molar-refractivity contribution in [1.82, 2.24) is 9.66 Å². The van der Waals surface area contributed by atoms with E-state index >= 15 is 0 Å². The van der Waals surface area contributed by atoms with Gasteiger partial charge in [0.05, 0.1) is 0 Å². The number of nitriles is 2. The molecule has 5 heteroatoms. The van der Waals surface area contributed by atoms with Crippen molar-refractivity contribution in [2.24, 2.45) is 0 Å². The first-order valence-corrected chi connectivity index (χ1v) is 2.46. The fourth-order valence-electron chi connectivity index (χ4n) is 0.496. The van der Waals surface area contributed by atoms with Crippen molar-refractivity contribution in [3.63, 3.8) is 0 Å². The minimum absolute atomic E-state index is 0.799. The van der Waals surface area contributed by atoms with E-state index in [1.165, 1.54) is 23.4 Å². The van der Waals surface area contributed by atoms with Gasteiger partial charge >= 0.3 is 0 Å². The molecule has 1 heterocycles. The zero-order valence-corrected chi connectivity index (χ0v) is 4.97. The molecule has 0 unspecified atom stereocenters. The van der Waals surface area contributed by atoms with Crippen LogP contribution in [0.2, 0.25) is 0 Å². The van der Waals surface area contributed by atoms with Crippen LogP contribution < -0.4 is 5.01 Å². The maximum absolute atomic E-state index is 8.30. The summed E-state index contributed by atoms with van der Waals surface area (Å²) in [6.45, 7) is 0. The van der Waals surface area contributed by atoms with E-state index in [1.807, 2.05) is 0 Å². The molecule has 0 radical (unpaired) electrons. The normalized spacial score (nSPS) is 7.80. The van der Waals surface area contributed by atoms with E-state index in [1.54, 1.807) is 12.4 Å². The maximum atomic E-state index is 8.30. The van der Waals surface area contributed by atoms with Crippen LogP contribution in [0.4, 0.5) is 0 Å². The zero-order chi connectivity index (χ0) is 7.40. The van der Waals surface area contributed by atoms with E-state index < -0.39 is 0 Å². The maximum Gasteiger partial charge on any atom is 0.215 e. The fourth-order valence-corrected chi connectivity index (χ4v) is 0.496. The van der Waals surface area contributed by atoms with E-state index in [-0.39, 0.29) is 0 Å². The highest BCUT2D eigenvalue weighted by atomic mass is 15.5. The van der Waals surface area contributed by atoms with Crippen molar-refractivity contribution in [2.45, 2.75) is 0 Å². The molecule has 0 aliphatic rings. The predicted octanol–water partition coefficient (Wildman–Crippen LogP) is -0.217. The summed E-state index contributed by atoms with van der Waals surface area (Å²) in [6.07, 6.45) is 7.66. The number of rotatable bonds is 1. The van der Waals surface area contributed by atoms with Gasteiger partial charge in [-0.25, -0.2) is 9.66 Å². The Bertz CT molecular complexity index is 260. The molecule has 0 saturated carbocycles. The second-order valence-electron chi connectivity index (χ2n) is 1.45. The lowest BCUT2D eigenvalue weighted by Gasteiger charge is -2.02. The summed E-state index contributed by atoms with van der Waals surface area (Å²) in [5, 5.41) is 17.4. The Morgan fingerprint density at radius 2 is 2.10 bits per heavy atom. The van der Waals surface area contributed by atoms with Crippen LogP contribution in [0.5, 0.6) is 0 Å². The quantitative estimate of drug-likeness (QED) is 0.392. The lowest BCUT2D eigenvalue weighted by Crippen LogP contribution is -2.21. The van der Waals surface area contributed by atoms with Gasteiger partial charge in [-0.3, -0.25) is 0 Å². The molecule has 0 amide bonds. The Morgan fingerprint density at radius 1 is 1.40 bits per heavy atom. The molecular formula is C5H3N5. The Kier molecular flexibility index (Phi) is 1.54. The average molecular weight is 133 g/mol. The Balaban J connectivity index is 2.89. The molecule has 1 aromatic rings. The van der Waals surface area contributed by atoms with Gasteiger partial charge in [0.25, 0.3) is 0 Å². The standard InChI is InChI=1S/C5H3N5/c6-3-10(4-7)9-2-1-8-5-9/h1-2,5H. The summed E-state index contributed by atoms with van der Waals surface area (Å²) < 4.78 is 1.28. The van der Waals surface area contributed by atoms with Gasteiger partial charge in [0.15, 0.2) is 0 Å². The van der Waals surface area contributed by atoms with Crippen LogP contribution in [0, 0.1) is 22.9 Å². The van der Waals surface area contributed by atoms with Gasteiger partial charge in [-0.1, -0.05) is 0 Å². The molecule has 0 bridgehead atoms. The van der Waals surface area contributed by atoms with Crippen molar-refractivity contribution in [2.75, 3.05) is 5.01 Å². The highest BCUT2D eigenvalue weighted by molar-refractivity contribution is 5.12. The zero-order valence-electron chi connectivity index (χ0n) is 4.97. The topological polar surface area (TPSA) is 68.6 Å². The summed E-state index contributed by atoms with van der Waals surface area (Å²) in [7, 11) is 0. The van der Waals surface area contributed by atoms with E-state index in [0.717, 1.165) is 5.01 Å². The number of hydrogen-bond acceptors (Lipinski definition) is 4. The minimum atomic E-state index is 0.799. The second-order valence-corrected chi connectivity index (χ2v) is 1.45. The third-order valence-electron chi connectivity index (χ3n) is 0.911. The van der Waals surface area contributed by atoms with Gasteiger partial charge < -0.3 is 0 Å². The van der Waals surface area contributed by atoms with Gasteiger partial charge in [0.2, 0.25) is 12.4 Å². The molecule has 10 heavy (non-hydrogen) atoms. The predicted molar refractivity (Wildman–Crippen MR) is 31.7 cm³/mol. The lowest BCUT2D eigenvalue weighted by atomic mass is 10.9. The molecule has 0 atom stereocenters. The molecule has 0 aliphatic heterocycles. The molecule has 5 nitrogen and oxygen atoms in total. The molecular weight excluding hydrogens is 130 g/mol. The van der Waals surface area contributed by atoms with Gasteiger partial charge in [-0.15, -0.1) is 5.01 Å². The van der Waals surface area contributed by atoms with Crippen molar-refractivity contribution >= 4 is 0 Å². The molecule has 1 aromatic heterocycles. The monoisotopic (exact) mass is 133 g/mol. The van der Waals surface area contributed by atoms with Crippen molar-refractivity contribution in [3.8, 4) is 12.4 Å². The van der Waals surface area contributed by atoms with Crippen LogP contribution in [-0.2, 0) is 0 Å². The van der Waals surface area contributed by atoms with E-state index in [9.17, 15) is 0 Å². The summed E-state index contributed by atoms with van der Waals surface area (Å²) in [5.74, 6) is 0. The SMILES string of the molecule is N#CN(C#N)n1ccnc1. The van der Waals surface area contributed by atoms with Gasteiger partial charge in [0.1, 0.15) is 6.33 Å². The third-order valence-corrected chi connectivity index (χ3v) is 0.911. The average Bonchev–Trinajstić information content (AvgIpc) is 2.43. The smallest absolute Gasteiger partial charge is 0.215 e. The van der Waals surface area contributed by atoms with Crippen molar-refractivity contribution in [3.05, 3.63) is 18.7 Å². The second kappa shape index (κ2) is 2.51. The Morgan fingerprint density at radius 3 is 2.50 bits per heavy atom. The first kappa shape index (κ1) is 6.12. The van der Waals surface area contributed by atoms with Crippen LogP contribution in [0.1, 0.15) is 0 Å². The molecule has 0 N–H and O–H groups in total. The molecule has 0 fully saturated rings. The summed E-state index contributed by atoms with van der Waals surface area (Å²) in [5.41, 5.74) is 0. The molecule has 48 valence electrons. The van der Waals surface area contributed by atoms with Gasteiger partial charge in [-0.2, -0.15) is 10.5 Å². The highest BCUT2D eigenvalue weighted by Crippen LogP contribution is 1.85. The molecule has 0 aromatic carbocycles. The number of nitrogens with zero attached hydrogens (tertiary/aromatic N) is 5. The largest absolute Gasteiger partial charge is 0.243 e. The Labute approximate surface area is 57.3 Å². The van der Waals surface area contributed by atoms with Crippen LogP contribution in [-0.4, -0.2) is 9.66 Å². The molecule has 1 rings (SSSR count). The van der Waals surface area contributed by atoms with Gasteiger partial charge in [-0.05, 0) is 0 Å². The molecule has 0 aliphatic carbocycles. The first-order chi connectivity index (χ1) is 4.88. The van der Waals surface area contributed by atoms with Gasteiger partial charge in [0, 0.05) is 12.4 Å². The summed E-state index contributed by atoms with van der Waals surface area (Å²) >= 11 is 0.